The molecule has 0 atom stereocenters. The monoisotopic (exact) mass is 327 g/mol. The summed E-state index contributed by atoms with van der Waals surface area (Å²) in [6, 6.07) is 11.6. The summed E-state index contributed by atoms with van der Waals surface area (Å²) in [5.74, 6) is -0.449. The Kier molecular flexibility index (Phi) is 4.86. The van der Waals surface area contributed by atoms with E-state index in [4.69, 9.17) is 4.74 Å². The van der Waals surface area contributed by atoms with Crippen molar-refractivity contribution in [1.29, 1.82) is 0 Å². The summed E-state index contributed by atoms with van der Waals surface area (Å²) in [5.41, 5.74) is 2.74. The van der Waals surface area contributed by atoms with Crippen LogP contribution in [0.25, 0.3) is 16.7 Å². The molecular weight excluding hydrogens is 309 g/mol. The molecular formula is C18H18FN3O2. The van der Waals surface area contributed by atoms with Gasteiger partial charge >= 0.3 is 0 Å². The van der Waals surface area contributed by atoms with E-state index in [1.54, 1.807) is 42.3 Å². The van der Waals surface area contributed by atoms with Gasteiger partial charge in [0.25, 0.3) is 5.91 Å². The summed E-state index contributed by atoms with van der Waals surface area (Å²) in [4.78, 5) is 16.5. The van der Waals surface area contributed by atoms with E-state index in [1.807, 2.05) is 6.07 Å². The molecule has 0 bridgehead atoms. The maximum atomic E-state index is 13.4. The quantitative estimate of drug-likeness (QED) is 0.708. The third kappa shape index (κ3) is 3.44. The second-order valence-corrected chi connectivity index (χ2v) is 5.40. The first kappa shape index (κ1) is 16.1. The van der Waals surface area contributed by atoms with Gasteiger partial charge in [0.2, 0.25) is 0 Å². The number of methoxy groups -OCH3 is 1. The Bertz CT molecular complexity index is 860. The van der Waals surface area contributed by atoms with Gasteiger partial charge < -0.3 is 10.1 Å². The molecule has 1 aromatic heterocycles. The summed E-state index contributed by atoms with van der Waals surface area (Å²) in [5, 5.41) is 2.84. The largest absolute Gasteiger partial charge is 0.385 e. The summed E-state index contributed by atoms with van der Waals surface area (Å²) < 4.78 is 20.1. The zero-order chi connectivity index (χ0) is 16.9. The van der Waals surface area contributed by atoms with Crippen molar-refractivity contribution in [3.8, 4) is 5.69 Å². The van der Waals surface area contributed by atoms with Crippen LogP contribution in [0.3, 0.4) is 0 Å². The van der Waals surface area contributed by atoms with E-state index < -0.39 is 0 Å². The number of carbonyl (C=O) groups excluding carboxylic acids is 1. The molecule has 0 unspecified atom stereocenters. The number of nitrogens with zero attached hydrogens (tertiary/aromatic N) is 2. The average molecular weight is 327 g/mol. The molecule has 0 aliphatic carbocycles. The van der Waals surface area contributed by atoms with Gasteiger partial charge in [-0.15, -0.1) is 0 Å². The minimum Gasteiger partial charge on any atom is -0.385 e. The van der Waals surface area contributed by atoms with Crippen LogP contribution in [-0.2, 0) is 4.74 Å². The van der Waals surface area contributed by atoms with Crippen molar-refractivity contribution in [1.82, 2.24) is 14.9 Å². The number of rotatable bonds is 6. The number of hydrogen-bond donors (Lipinski definition) is 1. The number of hydrogen-bond acceptors (Lipinski definition) is 3. The molecule has 0 spiro atoms. The lowest BCUT2D eigenvalue weighted by atomic mass is 10.2. The Morgan fingerprint density at radius 3 is 2.96 bits per heavy atom. The van der Waals surface area contributed by atoms with Gasteiger partial charge in [-0.3, -0.25) is 9.36 Å². The SMILES string of the molecule is COCCCNC(=O)c1ccc2c(c1)ncn2-c1cccc(F)c1. The molecule has 1 amide bonds. The van der Waals surface area contributed by atoms with Crippen molar-refractivity contribution in [3.63, 3.8) is 0 Å². The minimum absolute atomic E-state index is 0.145. The summed E-state index contributed by atoms with van der Waals surface area (Å²) >= 11 is 0. The molecule has 124 valence electrons. The molecule has 3 rings (SSSR count). The van der Waals surface area contributed by atoms with E-state index in [-0.39, 0.29) is 11.7 Å². The molecule has 3 aromatic rings. The van der Waals surface area contributed by atoms with Crippen LogP contribution in [0.2, 0.25) is 0 Å². The maximum absolute atomic E-state index is 13.4. The number of benzene rings is 2. The van der Waals surface area contributed by atoms with E-state index in [2.05, 4.69) is 10.3 Å². The van der Waals surface area contributed by atoms with Crippen molar-refractivity contribution in [2.75, 3.05) is 20.3 Å². The fourth-order valence-electron chi connectivity index (χ4n) is 2.51. The van der Waals surface area contributed by atoms with Crippen LogP contribution in [0.4, 0.5) is 4.39 Å². The Balaban J connectivity index is 1.82. The predicted octanol–water partition coefficient (Wildman–Crippen LogP) is 2.93. The third-order valence-corrected chi connectivity index (χ3v) is 3.71. The lowest BCUT2D eigenvalue weighted by Gasteiger charge is -2.06. The molecule has 0 radical (unpaired) electrons. The molecule has 0 aliphatic rings. The molecule has 0 fully saturated rings. The Morgan fingerprint density at radius 2 is 2.17 bits per heavy atom. The van der Waals surface area contributed by atoms with Crippen LogP contribution >= 0.6 is 0 Å². The van der Waals surface area contributed by atoms with Gasteiger partial charge in [-0.1, -0.05) is 6.07 Å². The van der Waals surface area contributed by atoms with E-state index in [0.717, 1.165) is 11.9 Å². The fourth-order valence-corrected chi connectivity index (χ4v) is 2.51. The lowest BCUT2D eigenvalue weighted by molar-refractivity contribution is 0.0948. The van der Waals surface area contributed by atoms with Crippen LogP contribution in [0, 0.1) is 5.82 Å². The first-order valence-corrected chi connectivity index (χ1v) is 7.69. The van der Waals surface area contributed by atoms with Gasteiger partial charge in [-0.2, -0.15) is 0 Å². The van der Waals surface area contributed by atoms with Gasteiger partial charge in [0.1, 0.15) is 12.1 Å². The zero-order valence-electron chi connectivity index (χ0n) is 13.3. The highest BCUT2D eigenvalue weighted by Gasteiger charge is 2.10. The van der Waals surface area contributed by atoms with Gasteiger partial charge in [-0.25, -0.2) is 9.37 Å². The number of amides is 1. The fraction of sp³-hybridized carbons (Fsp3) is 0.222. The van der Waals surface area contributed by atoms with Crippen LogP contribution in [0.5, 0.6) is 0 Å². The molecule has 2 aromatic carbocycles. The van der Waals surface area contributed by atoms with Crippen LogP contribution in [-0.4, -0.2) is 35.7 Å². The van der Waals surface area contributed by atoms with Gasteiger partial charge in [-0.05, 0) is 42.8 Å². The Morgan fingerprint density at radius 1 is 1.29 bits per heavy atom. The van der Waals surface area contributed by atoms with Crippen LogP contribution < -0.4 is 5.32 Å². The predicted molar refractivity (Wildman–Crippen MR) is 89.9 cm³/mol. The number of imidazole rings is 1. The van der Waals surface area contributed by atoms with Crippen LogP contribution in [0.15, 0.2) is 48.8 Å². The van der Waals surface area contributed by atoms with Crippen molar-refractivity contribution in [2.45, 2.75) is 6.42 Å². The first-order chi connectivity index (χ1) is 11.7. The average Bonchev–Trinajstić information content (AvgIpc) is 3.01. The number of fused-ring (bicyclic) bond motifs is 1. The second kappa shape index (κ2) is 7.23. The molecule has 5 nitrogen and oxygen atoms in total. The highest BCUT2D eigenvalue weighted by atomic mass is 19.1. The standard InChI is InChI=1S/C18H18FN3O2/c1-24-9-3-8-20-18(23)13-6-7-17-16(10-13)21-12-22(17)15-5-2-4-14(19)11-15/h2,4-7,10-12H,3,8-9H2,1H3,(H,20,23). The van der Waals surface area contributed by atoms with E-state index >= 15 is 0 Å². The van der Waals surface area contributed by atoms with E-state index in [9.17, 15) is 9.18 Å². The Hall–Kier alpha value is -2.73. The van der Waals surface area contributed by atoms with Crippen molar-refractivity contribution in [3.05, 3.63) is 60.2 Å². The smallest absolute Gasteiger partial charge is 0.251 e. The number of halogens is 1. The van der Waals surface area contributed by atoms with Gasteiger partial charge in [0, 0.05) is 25.8 Å². The highest BCUT2D eigenvalue weighted by molar-refractivity contribution is 5.97. The van der Waals surface area contributed by atoms with E-state index in [1.165, 1.54) is 12.1 Å². The molecule has 1 heterocycles. The third-order valence-electron chi connectivity index (χ3n) is 3.71. The molecule has 0 aliphatic heterocycles. The number of carbonyl (C=O) groups is 1. The molecule has 1 N–H and O–H groups in total. The summed E-state index contributed by atoms with van der Waals surface area (Å²) in [7, 11) is 1.63. The lowest BCUT2D eigenvalue weighted by Crippen LogP contribution is -2.25. The van der Waals surface area contributed by atoms with Crippen LogP contribution in [0.1, 0.15) is 16.8 Å². The van der Waals surface area contributed by atoms with E-state index in [0.29, 0.717) is 29.9 Å². The first-order valence-electron chi connectivity index (χ1n) is 7.69. The molecule has 24 heavy (non-hydrogen) atoms. The minimum atomic E-state index is -0.304. The van der Waals surface area contributed by atoms with Gasteiger partial charge in [0.05, 0.1) is 16.7 Å². The topological polar surface area (TPSA) is 56.1 Å². The van der Waals surface area contributed by atoms with Gasteiger partial charge in [0.15, 0.2) is 0 Å². The summed E-state index contributed by atoms with van der Waals surface area (Å²) in [6.07, 6.45) is 2.39. The van der Waals surface area contributed by atoms with Crippen molar-refractivity contribution >= 4 is 16.9 Å². The second-order valence-electron chi connectivity index (χ2n) is 5.40. The molecule has 0 saturated heterocycles. The highest BCUT2D eigenvalue weighted by Crippen LogP contribution is 2.20. The van der Waals surface area contributed by atoms with Crippen molar-refractivity contribution < 1.29 is 13.9 Å². The number of aromatic nitrogens is 2. The molecule has 0 saturated carbocycles. The number of nitrogens with one attached hydrogen (secondary N) is 1. The zero-order valence-corrected chi connectivity index (χ0v) is 13.3. The maximum Gasteiger partial charge on any atom is 0.251 e. The Labute approximate surface area is 139 Å². The molecule has 6 heteroatoms. The number of ether oxygens (including phenoxy) is 1. The van der Waals surface area contributed by atoms with Crippen molar-refractivity contribution in [2.24, 2.45) is 0 Å². The normalized spacial score (nSPS) is 10.9. The summed E-state index contributed by atoms with van der Waals surface area (Å²) in [6.45, 7) is 1.17.